The Morgan fingerprint density at radius 3 is 2.42 bits per heavy atom. The van der Waals surface area contributed by atoms with Crippen molar-refractivity contribution in [3.8, 4) is 0 Å². The van der Waals surface area contributed by atoms with Crippen LogP contribution in [0.1, 0.15) is 58.7 Å². The van der Waals surface area contributed by atoms with Gasteiger partial charge in [-0.1, -0.05) is 20.8 Å². The van der Waals surface area contributed by atoms with Crippen LogP contribution < -0.4 is 10.6 Å². The molecule has 26 heavy (non-hydrogen) atoms. The average Bonchev–Trinajstić information content (AvgIpc) is 2.83. The van der Waals surface area contributed by atoms with Crippen molar-refractivity contribution in [2.24, 2.45) is 17.5 Å². The standard InChI is InChI=1S/C17H30F3N5.HI/c1-7-21-15(23-12(2)8-9-16(3,4)5)22-10-13-11-25(6)24-14(13)17(18,19)20;/h11-12H,7-10H2,1-6H3,(H2,21,22,23);1H. The van der Waals surface area contributed by atoms with Crippen LogP contribution in [-0.2, 0) is 19.8 Å². The number of hydrogen-bond donors (Lipinski definition) is 2. The van der Waals surface area contributed by atoms with Crippen molar-refractivity contribution >= 4 is 29.9 Å². The van der Waals surface area contributed by atoms with Crippen molar-refractivity contribution in [1.82, 2.24) is 20.4 Å². The molecule has 5 nitrogen and oxygen atoms in total. The molecule has 0 aliphatic carbocycles. The maximum Gasteiger partial charge on any atom is 0.435 e. The van der Waals surface area contributed by atoms with E-state index in [1.54, 1.807) is 0 Å². The molecule has 1 rings (SSSR count). The monoisotopic (exact) mass is 489 g/mol. The van der Waals surface area contributed by atoms with E-state index in [4.69, 9.17) is 0 Å². The van der Waals surface area contributed by atoms with Crippen LogP contribution in [-0.4, -0.2) is 28.3 Å². The van der Waals surface area contributed by atoms with Gasteiger partial charge in [-0.25, -0.2) is 4.99 Å². The summed E-state index contributed by atoms with van der Waals surface area (Å²) >= 11 is 0. The summed E-state index contributed by atoms with van der Waals surface area (Å²) in [4.78, 5) is 4.30. The first kappa shape index (κ1) is 25.0. The van der Waals surface area contributed by atoms with Crippen LogP contribution in [0.15, 0.2) is 11.2 Å². The molecule has 0 amide bonds. The van der Waals surface area contributed by atoms with Gasteiger partial charge < -0.3 is 10.6 Å². The van der Waals surface area contributed by atoms with Gasteiger partial charge in [0, 0.05) is 31.4 Å². The van der Waals surface area contributed by atoms with Crippen LogP contribution in [0.4, 0.5) is 13.2 Å². The molecule has 2 N–H and O–H groups in total. The Balaban J connectivity index is 0.00000625. The van der Waals surface area contributed by atoms with Crippen molar-refractivity contribution < 1.29 is 13.2 Å². The zero-order chi connectivity index (χ0) is 19.3. The minimum Gasteiger partial charge on any atom is -0.357 e. The summed E-state index contributed by atoms with van der Waals surface area (Å²) in [6.45, 7) is 11.1. The third-order valence-electron chi connectivity index (χ3n) is 3.64. The molecule has 0 saturated carbocycles. The molecule has 0 radical (unpaired) electrons. The molecule has 0 aliphatic rings. The molecule has 1 unspecified atom stereocenters. The van der Waals surface area contributed by atoms with Crippen LogP contribution in [0.2, 0.25) is 0 Å². The van der Waals surface area contributed by atoms with Gasteiger partial charge in [0.25, 0.3) is 0 Å². The molecule has 1 aromatic heterocycles. The highest BCUT2D eigenvalue weighted by atomic mass is 127. The normalized spacial score (nSPS) is 14.0. The zero-order valence-corrected chi connectivity index (χ0v) is 18.7. The second-order valence-electron chi connectivity index (χ2n) is 7.51. The summed E-state index contributed by atoms with van der Waals surface area (Å²) in [6.07, 6.45) is -1.12. The van der Waals surface area contributed by atoms with Crippen LogP contribution in [0, 0.1) is 5.41 Å². The summed E-state index contributed by atoms with van der Waals surface area (Å²) in [5, 5.41) is 9.84. The van der Waals surface area contributed by atoms with Gasteiger partial charge in [0.2, 0.25) is 0 Å². The first-order chi connectivity index (χ1) is 11.4. The minimum atomic E-state index is -4.47. The highest BCUT2D eigenvalue weighted by molar-refractivity contribution is 14.0. The fourth-order valence-electron chi connectivity index (χ4n) is 2.33. The van der Waals surface area contributed by atoms with Crippen molar-refractivity contribution in [1.29, 1.82) is 0 Å². The van der Waals surface area contributed by atoms with Gasteiger partial charge in [0.1, 0.15) is 0 Å². The van der Waals surface area contributed by atoms with E-state index < -0.39 is 11.9 Å². The van der Waals surface area contributed by atoms with Crippen molar-refractivity contribution in [2.45, 2.75) is 66.2 Å². The number of aryl methyl sites for hydroxylation is 1. The first-order valence-corrected chi connectivity index (χ1v) is 8.57. The fraction of sp³-hybridized carbons (Fsp3) is 0.765. The first-order valence-electron chi connectivity index (χ1n) is 8.57. The predicted molar refractivity (Wildman–Crippen MR) is 110 cm³/mol. The largest absolute Gasteiger partial charge is 0.435 e. The quantitative estimate of drug-likeness (QED) is 0.356. The molecular formula is C17H31F3IN5. The SMILES string of the molecule is CCNC(=NCc1cn(C)nc1C(F)(F)F)NC(C)CCC(C)(C)C.I. The van der Waals surface area contributed by atoms with E-state index in [2.05, 4.69) is 41.5 Å². The smallest absolute Gasteiger partial charge is 0.357 e. The minimum absolute atomic E-state index is 0. The van der Waals surface area contributed by atoms with Crippen LogP contribution in [0.25, 0.3) is 0 Å². The summed E-state index contributed by atoms with van der Waals surface area (Å²) in [5.41, 5.74) is -0.576. The fourth-order valence-corrected chi connectivity index (χ4v) is 2.33. The number of halogens is 4. The lowest BCUT2D eigenvalue weighted by Gasteiger charge is -2.23. The molecule has 0 saturated heterocycles. The van der Waals surface area contributed by atoms with Gasteiger partial charge in [0.15, 0.2) is 11.7 Å². The second kappa shape index (κ2) is 10.4. The second-order valence-corrected chi connectivity index (χ2v) is 7.51. The van der Waals surface area contributed by atoms with Gasteiger partial charge in [-0.2, -0.15) is 18.3 Å². The van der Waals surface area contributed by atoms with E-state index in [1.807, 2.05) is 13.8 Å². The molecule has 1 atom stereocenters. The maximum absolute atomic E-state index is 13.0. The Bertz CT molecular complexity index is 576. The summed E-state index contributed by atoms with van der Waals surface area (Å²) in [6, 6.07) is 0.174. The van der Waals surface area contributed by atoms with Gasteiger partial charge >= 0.3 is 6.18 Å². The number of guanidine groups is 1. The Morgan fingerprint density at radius 1 is 1.31 bits per heavy atom. The molecule has 0 spiro atoms. The van der Waals surface area contributed by atoms with Gasteiger partial charge in [-0.05, 0) is 32.1 Å². The molecule has 0 bridgehead atoms. The molecule has 152 valence electrons. The molecule has 0 fully saturated rings. The Hall–Kier alpha value is -1.00. The van der Waals surface area contributed by atoms with E-state index in [9.17, 15) is 13.2 Å². The zero-order valence-electron chi connectivity index (χ0n) is 16.4. The molecule has 9 heteroatoms. The highest BCUT2D eigenvalue weighted by Crippen LogP contribution is 2.30. The van der Waals surface area contributed by atoms with E-state index in [0.717, 1.165) is 12.8 Å². The van der Waals surface area contributed by atoms with Crippen molar-refractivity contribution in [3.63, 3.8) is 0 Å². The Labute approximate surface area is 171 Å². The Kier molecular flexibility index (Phi) is 9.97. The number of alkyl halides is 3. The summed E-state index contributed by atoms with van der Waals surface area (Å²) in [5.74, 6) is 0.515. The lowest BCUT2D eigenvalue weighted by atomic mass is 9.89. The van der Waals surface area contributed by atoms with Gasteiger partial charge in [0.05, 0.1) is 6.54 Å². The van der Waals surface area contributed by atoms with E-state index >= 15 is 0 Å². The molecule has 1 aromatic rings. The van der Waals surface area contributed by atoms with E-state index in [0.29, 0.717) is 12.5 Å². The molecule has 0 aliphatic heterocycles. The van der Waals surface area contributed by atoms with E-state index in [-0.39, 0.29) is 47.5 Å². The maximum atomic E-state index is 13.0. The van der Waals surface area contributed by atoms with E-state index in [1.165, 1.54) is 17.9 Å². The van der Waals surface area contributed by atoms with Crippen molar-refractivity contribution in [3.05, 3.63) is 17.5 Å². The average molecular weight is 489 g/mol. The van der Waals surface area contributed by atoms with Crippen LogP contribution in [0.5, 0.6) is 0 Å². The van der Waals surface area contributed by atoms with Gasteiger partial charge in [-0.15, -0.1) is 24.0 Å². The molecule has 1 heterocycles. The number of rotatable bonds is 6. The lowest BCUT2D eigenvalue weighted by Crippen LogP contribution is -2.42. The lowest BCUT2D eigenvalue weighted by molar-refractivity contribution is -0.142. The number of nitrogens with zero attached hydrogens (tertiary/aromatic N) is 3. The van der Waals surface area contributed by atoms with Crippen molar-refractivity contribution in [2.75, 3.05) is 6.54 Å². The van der Waals surface area contributed by atoms with Gasteiger partial charge in [-0.3, -0.25) is 4.68 Å². The molecule has 0 aromatic carbocycles. The number of hydrogen-bond acceptors (Lipinski definition) is 2. The third kappa shape index (κ3) is 9.09. The number of nitrogens with one attached hydrogen (secondary N) is 2. The summed E-state index contributed by atoms with van der Waals surface area (Å²) < 4.78 is 40.2. The molecular weight excluding hydrogens is 458 g/mol. The third-order valence-corrected chi connectivity index (χ3v) is 3.64. The summed E-state index contributed by atoms with van der Waals surface area (Å²) in [7, 11) is 1.47. The number of aliphatic imine (C=N–C) groups is 1. The highest BCUT2D eigenvalue weighted by Gasteiger charge is 2.36. The Morgan fingerprint density at radius 2 is 1.92 bits per heavy atom. The topological polar surface area (TPSA) is 54.2 Å². The van der Waals surface area contributed by atoms with Crippen LogP contribution >= 0.6 is 24.0 Å². The number of aromatic nitrogens is 2. The predicted octanol–water partition coefficient (Wildman–Crippen LogP) is 4.33. The van der Waals surface area contributed by atoms with Crippen LogP contribution in [0.3, 0.4) is 0 Å².